The van der Waals surface area contributed by atoms with E-state index in [9.17, 15) is 8.42 Å². The molecule has 1 aliphatic rings. The molecular formula is C16H25IN4O2S. The highest BCUT2D eigenvalue weighted by molar-refractivity contribution is 14.0. The van der Waals surface area contributed by atoms with Gasteiger partial charge < -0.3 is 10.2 Å². The van der Waals surface area contributed by atoms with Crippen molar-refractivity contribution in [2.75, 3.05) is 39.5 Å². The summed E-state index contributed by atoms with van der Waals surface area (Å²) in [4.78, 5) is 6.43. The van der Waals surface area contributed by atoms with E-state index in [1.807, 2.05) is 6.07 Å². The number of halogens is 1. The van der Waals surface area contributed by atoms with Gasteiger partial charge in [-0.15, -0.1) is 24.0 Å². The molecule has 2 N–H and O–H groups in total. The minimum atomic E-state index is -3.14. The highest BCUT2D eigenvalue weighted by atomic mass is 127. The van der Waals surface area contributed by atoms with E-state index in [-0.39, 0.29) is 24.0 Å². The van der Waals surface area contributed by atoms with Crippen molar-refractivity contribution < 1.29 is 8.42 Å². The van der Waals surface area contributed by atoms with Gasteiger partial charge in [0.1, 0.15) is 0 Å². The summed E-state index contributed by atoms with van der Waals surface area (Å²) >= 11 is 0. The third-order valence-electron chi connectivity index (χ3n) is 3.64. The molecule has 0 aromatic heterocycles. The molecule has 134 valence electrons. The summed E-state index contributed by atoms with van der Waals surface area (Å²) in [6.07, 6.45) is 4.34. The molecule has 24 heavy (non-hydrogen) atoms. The molecular weight excluding hydrogens is 439 g/mol. The Kier molecular flexibility index (Phi) is 8.71. The van der Waals surface area contributed by atoms with Gasteiger partial charge in [0, 0.05) is 33.2 Å². The molecule has 0 unspecified atom stereocenters. The SMILES string of the molecule is CN=C(NCCNS(C)(=O)=O)N1CC=C(c2ccccc2)CC1.I. The average Bonchev–Trinajstić information content (AvgIpc) is 2.55. The van der Waals surface area contributed by atoms with Crippen LogP contribution in [0.5, 0.6) is 0 Å². The lowest BCUT2D eigenvalue weighted by Crippen LogP contribution is -2.45. The van der Waals surface area contributed by atoms with Crippen LogP contribution in [0.2, 0.25) is 0 Å². The zero-order valence-corrected chi connectivity index (χ0v) is 17.2. The average molecular weight is 464 g/mol. The summed E-state index contributed by atoms with van der Waals surface area (Å²) in [7, 11) is -1.41. The maximum atomic E-state index is 11.0. The second kappa shape index (κ2) is 10.00. The van der Waals surface area contributed by atoms with E-state index >= 15 is 0 Å². The Morgan fingerprint density at radius 3 is 2.50 bits per heavy atom. The van der Waals surface area contributed by atoms with Crippen molar-refractivity contribution >= 4 is 45.5 Å². The van der Waals surface area contributed by atoms with Crippen molar-refractivity contribution in [2.24, 2.45) is 4.99 Å². The van der Waals surface area contributed by atoms with Crippen LogP contribution in [-0.2, 0) is 10.0 Å². The second-order valence-corrected chi connectivity index (χ2v) is 7.26. The fourth-order valence-corrected chi connectivity index (χ4v) is 2.99. The predicted molar refractivity (Wildman–Crippen MR) is 110 cm³/mol. The number of nitrogens with one attached hydrogen (secondary N) is 2. The van der Waals surface area contributed by atoms with E-state index < -0.39 is 10.0 Å². The first-order valence-corrected chi connectivity index (χ1v) is 9.53. The highest BCUT2D eigenvalue weighted by Crippen LogP contribution is 2.21. The van der Waals surface area contributed by atoms with Crippen LogP contribution >= 0.6 is 24.0 Å². The van der Waals surface area contributed by atoms with Gasteiger partial charge in [0.2, 0.25) is 10.0 Å². The van der Waals surface area contributed by atoms with Crippen LogP contribution < -0.4 is 10.0 Å². The van der Waals surface area contributed by atoms with Crippen LogP contribution in [0.3, 0.4) is 0 Å². The predicted octanol–water partition coefficient (Wildman–Crippen LogP) is 1.52. The third-order valence-corrected chi connectivity index (χ3v) is 4.37. The minimum Gasteiger partial charge on any atom is -0.355 e. The van der Waals surface area contributed by atoms with E-state index in [2.05, 4.69) is 50.3 Å². The van der Waals surface area contributed by atoms with Crippen molar-refractivity contribution in [3.63, 3.8) is 0 Å². The van der Waals surface area contributed by atoms with Crippen molar-refractivity contribution in [3.8, 4) is 0 Å². The molecule has 2 rings (SSSR count). The van der Waals surface area contributed by atoms with Gasteiger partial charge in [0.05, 0.1) is 6.26 Å². The molecule has 0 radical (unpaired) electrons. The number of guanidine groups is 1. The highest BCUT2D eigenvalue weighted by Gasteiger charge is 2.15. The molecule has 8 heteroatoms. The zero-order chi connectivity index (χ0) is 16.7. The van der Waals surface area contributed by atoms with Gasteiger partial charge in [-0.3, -0.25) is 4.99 Å². The fraction of sp³-hybridized carbons (Fsp3) is 0.438. The Morgan fingerprint density at radius 2 is 1.96 bits per heavy atom. The number of aliphatic imine (C=N–C) groups is 1. The molecule has 1 heterocycles. The number of hydrogen-bond donors (Lipinski definition) is 2. The normalized spacial score (nSPS) is 15.5. The molecule has 0 aliphatic carbocycles. The monoisotopic (exact) mass is 464 g/mol. The van der Waals surface area contributed by atoms with Crippen LogP contribution in [0.1, 0.15) is 12.0 Å². The van der Waals surface area contributed by atoms with E-state index in [1.165, 1.54) is 11.1 Å². The van der Waals surface area contributed by atoms with E-state index in [1.54, 1.807) is 7.05 Å². The Morgan fingerprint density at radius 1 is 1.25 bits per heavy atom. The fourth-order valence-electron chi connectivity index (χ4n) is 2.52. The number of benzene rings is 1. The summed E-state index contributed by atoms with van der Waals surface area (Å²) in [5.41, 5.74) is 2.63. The third kappa shape index (κ3) is 6.78. The minimum absolute atomic E-state index is 0. The lowest BCUT2D eigenvalue weighted by Gasteiger charge is -2.29. The molecule has 0 atom stereocenters. The van der Waals surface area contributed by atoms with Gasteiger partial charge in [-0.1, -0.05) is 36.4 Å². The molecule has 1 aromatic rings. The maximum Gasteiger partial charge on any atom is 0.208 e. The van der Waals surface area contributed by atoms with Crippen molar-refractivity contribution in [1.82, 2.24) is 14.9 Å². The Hall–Kier alpha value is -1.13. The molecule has 0 bridgehead atoms. The summed E-state index contributed by atoms with van der Waals surface area (Å²) in [5.74, 6) is 0.795. The van der Waals surface area contributed by atoms with E-state index in [0.717, 1.165) is 31.7 Å². The molecule has 0 saturated carbocycles. The molecule has 0 spiro atoms. The van der Waals surface area contributed by atoms with Crippen LogP contribution in [0.25, 0.3) is 5.57 Å². The molecule has 0 fully saturated rings. The first kappa shape index (κ1) is 20.9. The molecule has 1 aromatic carbocycles. The van der Waals surface area contributed by atoms with Crippen LogP contribution in [0, 0.1) is 0 Å². The molecule has 1 aliphatic heterocycles. The largest absolute Gasteiger partial charge is 0.355 e. The second-order valence-electron chi connectivity index (χ2n) is 5.43. The maximum absolute atomic E-state index is 11.0. The number of nitrogens with zero attached hydrogens (tertiary/aromatic N) is 2. The topological polar surface area (TPSA) is 73.8 Å². The lowest BCUT2D eigenvalue weighted by atomic mass is 10.00. The van der Waals surface area contributed by atoms with Gasteiger partial charge in [-0.05, 0) is 17.6 Å². The smallest absolute Gasteiger partial charge is 0.208 e. The van der Waals surface area contributed by atoms with E-state index in [4.69, 9.17) is 0 Å². The molecule has 6 nitrogen and oxygen atoms in total. The van der Waals surface area contributed by atoms with Crippen molar-refractivity contribution in [2.45, 2.75) is 6.42 Å². The lowest BCUT2D eigenvalue weighted by molar-refractivity contribution is 0.440. The van der Waals surface area contributed by atoms with E-state index in [0.29, 0.717) is 13.1 Å². The summed E-state index contributed by atoms with van der Waals surface area (Å²) in [6.45, 7) is 2.53. The molecule has 0 amide bonds. The molecule has 0 saturated heterocycles. The van der Waals surface area contributed by atoms with Crippen LogP contribution in [0.15, 0.2) is 41.4 Å². The van der Waals surface area contributed by atoms with Gasteiger partial charge in [0.25, 0.3) is 0 Å². The van der Waals surface area contributed by atoms with Gasteiger partial charge in [-0.2, -0.15) is 0 Å². The first-order chi connectivity index (χ1) is 11.0. The quantitative estimate of drug-likeness (QED) is 0.300. The van der Waals surface area contributed by atoms with Crippen LogP contribution in [0.4, 0.5) is 0 Å². The standard InChI is InChI=1S/C16H24N4O2S.HI/c1-17-16(18-10-11-19-23(2,21)22)20-12-8-15(9-13-20)14-6-4-3-5-7-14;/h3-8,19H,9-13H2,1-2H3,(H,17,18);1H. The number of hydrogen-bond acceptors (Lipinski definition) is 3. The van der Waals surface area contributed by atoms with Gasteiger partial charge in [0.15, 0.2) is 5.96 Å². The first-order valence-electron chi connectivity index (χ1n) is 7.64. The van der Waals surface area contributed by atoms with Gasteiger partial charge >= 0.3 is 0 Å². The number of sulfonamides is 1. The summed E-state index contributed by atoms with van der Waals surface area (Å²) in [5, 5.41) is 3.19. The van der Waals surface area contributed by atoms with Crippen LogP contribution in [-0.4, -0.2) is 58.8 Å². The summed E-state index contributed by atoms with van der Waals surface area (Å²) < 4.78 is 24.5. The zero-order valence-electron chi connectivity index (χ0n) is 14.0. The Balaban J connectivity index is 0.00000288. The Labute approximate surface area is 161 Å². The van der Waals surface area contributed by atoms with Gasteiger partial charge in [-0.25, -0.2) is 13.1 Å². The Bertz CT molecular complexity index is 675. The number of rotatable bonds is 5. The summed E-state index contributed by atoms with van der Waals surface area (Å²) in [6, 6.07) is 10.4. The van der Waals surface area contributed by atoms with Crippen molar-refractivity contribution in [1.29, 1.82) is 0 Å². The van der Waals surface area contributed by atoms with Crippen molar-refractivity contribution in [3.05, 3.63) is 42.0 Å².